The van der Waals surface area contributed by atoms with Gasteiger partial charge in [0.15, 0.2) is 0 Å². The van der Waals surface area contributed by atoms with Crippen molar-refractivity contribution in [3.63, 3.8) is 0 Å². The fourth-order valence-corrected chi connectivity index (χ4v) is 2.61. The first kappa shape index (κ1) is 15.6. The number of methoxy groups -OCH3 is 1. The molecule has 1 heterocycles. The van der Waals surface area contributed by atoms with E-state index in [1.54, 1.807) is 14.0 Å². The molecule has 3 heteroatoms. The average molecular weight is 255 g/mol. The molecular weight excluding hydrogens is 226 g/mol. The predicted molar refractivity (Wildman–Crippen MR) is 74.8 cm³/mol. The highest BCUT2D eigenvalue weighted by Crippen LogP contribution is 2.22. The Balaban J connectivity index is 2.53. The topological polar surface area (TPSA) is 29.5 Å². The average Bonchev–Trinajstić information content (AvgIpc) is 2.51. The highest BCUT2D eigenvalue weighted by atomic mass is 16.5. The highest BCUT2D eigenvalue weighted by molar-refractivity contribution is 5.76. The lowest BCUT2D eigenvalue weighted by Gasteiger charge is -2.32. The molecule has 1 unspecified atom stereocenters. The second-order valence-electron chi connectivity index (χ2n) is 6.16. The molecule has 18 heavy (non-hydrogen) atoms. The van der Waals surface area contributed by atoms with Crippen molar-refractivity contribution in [1.29, 1.82) is 0 Å². The Hall–Kier alpha value is -0.410. The Morgan fingerprint density at radius 1 is 1.33 bits per heavy atom. The minimum Gasteiger partial charge on any atom is -0.379 e. The van der Waals surface area contributed by atoms with Crippen molar-refractivity contribution in [1.82, 2.24) is 4.90 Å². The maximum atomic E-state index is 11.4. The third-order valence-electron chi connectivity index (χ3n) is 4.08. The quantitative estimate of drug-likeness (QED) is 0.730. The summed E-state index contributed by atoms with van der Waals surface area (Å²) in [6, 6.07) is 0.456. The van der Waals surface area contributed by atoms with Crippen LogP contribution in [-0.4, -0.2) is 42.5 Å². The lowest BCUT2D eigenvalue weighted by atomic mass is 10.0. The van der Waals surface area contributed by atoms with Crippen LogP contribution in [-0.2, 0) is 9.53 Å². The minimum absolute atomic E-state index is 0.0624. The number of nitrogens with zero attached hydrogens (tertiary/aromatic N) is 1. The van der Waals surface area contributed by atoms with Crippen LogP contribution in [0.2, 0.25) is 0 Å². The molecule has 0 aromatic heterocycles. The second kappa shape index (κ2) is 7.25. The number of rotatable bonds is 6. The molecule has 1 aliphatic rings. The fourth-order valence-electron chi connectivity index (χ4n) is 2.61. The molecule has 106 valence electrons. The van der Waals surface area contributed by atoms with E-state index in [1.807, 2.05) is 0 Å². The van der Waals surface area contributed by atoms with Crippen LogP contribution in [0, 0.1) is 0 Å². The normalized spacial score (nSPS) is 22.8. The molecule has 3 nitrogen and oxygen atoms in total. The van der Waals surface area contributed by atoms with Crippen LogP contribution in [0.15, 0.2) is 0 Å². The van der Waals surface area contributed by atoms with E-state index in [4.69, 9.17) is 4.74 Å². The van der Waals surface area contributed by atoms with Gasteiger partial charge in [-0.25, -0.2) is 0 Å². The molecule has 0 aromatic rings. The van der Waals surface area contributed by atoms with Crippen LogP contribution in [0.4, 0.5) is 0 Å². The van der Waals surface area contributed by atoms with Crippen LogP contribution >= 0.6 is 0 Å². The maximum Gasteiger partial charge on any atom is 0.131 e. The van der Waals surface area contributed by atoms with Gasteiger partial charge in [0.05, 0.1) is 5.60 Å². The number of ether oxygens (including phenoxy) is 1. The monoisotopic (exact) mass is 255 g/mol. The zero-order valence-corrected chi connectivity index (χ0v) is 12.5. The molecule has 1 fully saturated rings. The van der Waals surface area contributed by atoms with E-state index >= 15 is 0 Å². The van der Waals surface area contributed by atoms with Crippen molar-refractivity contribution < 1.29 is 9.53 Å². The number of likely N-dealkylation sites (tertiary alicyclic amines) is 1. The first-order valence-corrected chi connectivity index (χ1v) is 7.23. The Morgan fingerprint density at radius 2 is 2.06 bits per heavy atom. The summed E-state index contributed by atoms with van der Waals surface area (Å²) >= 11 is 0. The third-order valence-corrected chi connectivity index (χ3v) is 4.08. The number of carbonyl (C=O) groups excluding carboxylic acids is 1. The molecule has 1 saturated heterocycles. The van der Waals surface area contributed by atoms with Gasteiger partial charge in [-0.15, -0.1) is 0 Å². The molecule has 1 atom stereocenters. The zero-order valence-electron chi connectivity index (χ0n) is 12.5. The Labute approximate surface area is 112 Å². The standard InChI is InChI=1S/C15H29NO2/c1-13(17)12-14-8-6-5-7-10-16(14)11-9-15(2,3)18-4/h14H,5-12H2,1-4H3. The third kappa shape index (κ3) is 5.49. The van der Waals surface area contributed by atoms with Crippen molar-refractivity contribution in [2.75, 3.05) is 20.2 Å². The summed E-state index contributed by atoms with van der Waals surface area (Å²) in [6.45, 7) is 8.15. The lowest BCUT2D eigenvalue weighted by molar-refractivity contribution is -0.118. The molecule has 1 rings (SSSR count). The van der Waals surface area contributed by atoms with Crippen molar-refractivity contribution in [2.24, 2.45) is 0 Å². The van der Waals surface area contributed by atoms with Crippen LogP contribution in [0.1, 0.15) is 59.3 Å². The number of hydrogen-bond acceptors (Lipinski definition) is 3. The van der Waals surface area contributed by atoms with Gasteiger partial charge in [0.1, 0.15) is 5.78 Å². The van der Waals surface area contributed by atoms with Crippen LogP contribution < -0.4 is 0 Å². The summed E-state index contributed by atoms with van der Waals surface area (Å²) in [5, 5.41) is 0. The van der Waals surface area contributed by atoms with Gasteiger partial charge in [-0.2, -0.15) is 0 Å². The van der Waals surface area contributed by atoms with Crippen molar-refractivity contribution in [3.05, 3.63) is 0 Å². The summed E-state index contributed by atoms with van der Waals surface area (Å²) in [5.41, 5.74) is -0.0624. The predicted octanol–water partition coefficient (Wildman–Crippen LogP) is 3.03. The van der Waals surface area contributed by atoms with Gasteiger partial charge in [0.2, 0.25) is 0 Å². The van der Waals surface area contributed by atoms with E-state index in [-0.39, 0.29) is 5.60 Å². The van der Waals surface area contributed by atoms with Gasteiger partial charge >= 0.3 is 0 Å². The molecule has 1 aliphatic heterocycles. The minimum atomic E-state index is -0.0624. The zero-order chi connectivity index (χ0) is 13.6. The first-order chi connectivity index (χ1) is 8.44. The van der Waals surface area contributed by atoms with Crippen molar-refractivity contribution in [2.45, 2.75) is 70.9 Å². The Kier molecular flexibility index (Phi) is 6.30. The number of Topliss-reactive ketones (excluding diaryl/α,β-unsaturated/α-hetero) is 1. The molecule has 0 aliphatic carbocycles. The SMILES string of the molecule is COC(C)(C)CCN1CCCCCC1CC(C)=O. The van der Waals surface area contributed by atoms with E-state index in [1.165, 1.54) is 25.7 Å². The molecular formula is C15H29NO2. The Morgan fingerprint density at radius 3 is 2.67 bits per heavy atom. The van der Waals surface area contributed by atoms with E-state index in [9.17, 15) is 4.79 Å². The molecule has 0 spiro atoms. The Bertz CT molecular complexity index is 263. The summed E-state index contributed by atoms with van der Waals surface area (Å²) in [7, 11) is 1.77. The lowest BCUT2D eigenvalue weighted by Crippen LogP contribution is -2.39. The summed E-state index contributed by atoms with van der Waals surface area (Å²) in [6.07, 6.45) is 6.75. The molecule has 0 bridgehead atoms. The molecule has 0 radical (unpaired) electrons. The largest absolute Gasteiger partial charge is 0.379 e. The second-order valence-corrected chi connectivity index (χ2v) is 6.16. The van der Waals surface area contributed by atoms with E-state index < -0.39 is 0 Å². The summed E-state index contributed by atoms with van der Waals surface area (Å²) < 4.78 is 5.48. The van der Waals surface area contributed by atoms with Crippen molar-refractivity contribution in [3.8, 4) is 0 Å². The van der Waals surface area contributed by atoms with Gasteiger partial charge in [-0.1, -0.05) is 12.8 Å². The first-order valence-electron chi connectivity index (χ1n) is 7.23. The van der Waals surface area contributed by atoms with Gasteiger partial charge in [-0.05, 0) is 46.6 Å². The van der Waals surface area contributed by atoms with Gasteiger partial charge in [-0.3, -0.25) is 9.69 Å². The smallest absolute Gasteiger partial charge is 0.131 e. The highest BCUT2D eigenvalue weighted by Gasteiger charge is 2.25. The van der Waals surface area contributed by atoms with E-state index in [0.717, 1.165) is 19.5 Å². The molecule has 0 aromatic carbocycles. The van der Waals surface area contributed by atoms with Gasteiger partial charge < -0.3 is 4.74 Å². The molecule has 0 saturated carbocycles. The number of ketones is 1. The van der Waals surface area contributed by atoms with Crippen LogP contribution in [0.5, 0.6) is 0 Å². The van der Waals surface area contributed by atoms with E-state index in [2.05, 4.69) is 18.7 Å². The van der Waals surface area contributed by atoms with Crippen LogP contribution in [0.3, 0.4) is 0 Å². The summed E-state index contributed by atoms with van der Waals surface area (Å²) in [4.78, 5) is 13.9. The van der Waals surface area contributed by atoms with E-state index in [0.29, 0.717) is 18.2 Å². The van der Waals surface area contributed by atoms with Crippen LogP contribution in [0.25, 0.3) is 0 Å². The maximum absolute atomic E-state index is 11.4. The van der Waals surface area contributed by atoms with Crippen molar-refractivity contribution >= 4 is 5.78 Å². The molecule has 0 amide bonds. The van der Waals surface area contributed by atoms with Gasteiger partial charge in [0, 0.05) is 26.1 Å². The molecule has 0 N–H and O–H groups in total. The summed E-state index contributed by atoms with van der Waals surface area (Å²) in [5.74, 6) is 0.318. The fraction of sp³-hybridized carbons (Fsp3) is 0.933. The number of carbonyl (C=O) groups is 1. The van der Waals surface area contributed by atoms with Gasteiger partial charge in [0.25, 0.3) is 0 Å². The number of hydrogen-bond donors (Lipinski definition) is 0.